The van der Waals surface area contributed by atoms with Crippen LogP contribution < -0.4 is 5.32 Å². The lowest BCUT2D eigenvalue weighted by molar-refractivity contribution is -0.132. The average molecular weight is 324 g/mol. The topological polar surface area (TPSA) is 86.7 Å². The largest absolute Gasteiger partial charge is 0.390 e. The molecule has 2 fully saturated rings. The van der Waals surface area contributed by atoms with Gasteiger partial charge in [-0.05, 0) is 25.0 Å². The first-order valence-corrected chi connectivity index (χ1v) is 8.93. The standard InChI is InChI=1S/C15H20N2O4S/c18-12-10-16-8-9-17(11-12)14(19)15(6-7-15)22(20,21)13-4-2-1-3-5-13/h1-5,12,16,18H,6-11H2/t12-/m0/s1. The number of aliphatic hydroxyl groups is 1. The first-order chi connectivity index (χ1) is 10.5. The van der Waals surface area contributed by atoms with Gasteiger partial charge < -0.3 is 15.3 Å². The first kappa shape index (κ1) is 15.5. The van der Waals surface area contributed by atoms with Crippen LogP contribution in [0.5, 0.6) is 0 Å². The maximum Gasteiger partial charge on any atom is 0.244 e. The van der Waals surface area contributed by atoms with Crippen molar-refractivity contribution in [3.63, 3.8) is 0 Å². The Hall–Kier alpha value is -1.44. The maximum atomic E-state index is 12.8. The lowest BCUT2D eigenvalue weighted by Gasteiger charge is -2.26. The molecule has 120 valence electrons. The Morgan fingerprint density at radius 3 is 2.59 bits per heavy atom. The van der Waals surface area contributed by atoms with Crippen molar-refractivity contribution in [1.29, 1.82) is 0 Å². The molecule has 0 aromatic heterocycles. The van der Waals surface area contributed by atoms with E-state index in [1.54, 1.807) is 18.2 Å². The van der Waals surface area contributed by atoms with Crippen molar-refractivity contribution in [1.82, 2.24) is 10.2 Å². The van der Waals surface area contributed by atoms with Crippen LogP contribution in [0.25, 0.3) is 0 Å². The predicted octanol–water partition coefficient (Wildman–Crippen LogP) is -0.214. The van der Waals surface area contributed by atoms with Gasteiger partial charge in [-0.1, -0.05) is 18.2 Å². The van der Waals surface area contributed by atoms with E-state index in [1.165, 1.54) is 17.0 Å². The van der Waals surface area contributed by atoms with Gasteiger partial charge in [-0.25, -0.2) is 8.42 Å². The third-order valence-corrected chi connectivity index (χ3v) is 6.82. The van der Waals surface area contributed by atoms with E-state index >= 15 is 0 Å². The molecule has 0 radical (unpaired) electrons. The number of sulfone groups is 1. The summed E-state index contributed by atoms with van der Waals surface area (Å²) in [6.07, 6.45) is 0.0355. The molecule has 1 amide bonds. The van der Waals surface area contributed by atoms with Gasteiger partial charge in [0.05, 0.1) is 11.0 Å². The fraction of sp³-hybridized carbons (Fsp3) is 0.533. The van der Waals surface area contributed by atoms with Crippen LogP contribution in [0.2, 0.25) is 0 Å². The van der Waals surface area contributed by atoms with Crippen LogP contribution in [-0.2, 0) is 14.6 Å². The fourth-order valence-corrected chi connectivity index (χ4v) is 4.87. The van der Waals surface area contributed by atoms with Gasteiger partial charge in [0.15, 0.2) is 14.6 Å². The third kappa shape index (κ3) is 2.53. The van der Waals surface area contributed by atoms with Crippen molar-refractivity contribution < 1.29 is 18.3 Å². The molecular weight excluding hydrogens is 304 g/mol. The first-order valence-electron chi connectivity index (χ1n) is 7.45. The van der Waals surface area contributed by atoms with Crippen LogP contribution in [0.1, 0.15) is 12.8 Å². The molecule has 6 nitrogen and oxygen atoms in total. The van der Waals surface area contributed by atoms with Crippen molar-refractivity contribution in [2.75, 3.05) is 26.2 Å². The molecule has 2 aliphatic rings. The number of carbonyl (C=O) groups excluding carboxylic acids is 1. The molecule has 22 heavy (non-hydrogen) atoms. The van der Waals surface area contributed by atoms with Crippen LogP contribution in [0.4, 0.5) is 0 Å². The van der Waals surface area contributed by atoms with Crippen LogP contribution in [-0.4, -0.2) is 61.4 Å². The lowest BCUT2D eigenvalue weighted by Crippen LogP contribution is -2.47. The molecule has 0 bridgehead atoms. The highest BCUT2D eigenvalue weighted by molar-refractivity contribution is 7.94. The van der Waals surface area contributed by atoms with Gasteiger partial charge >= 0.3 is 0 Å². The highest BCUT2D eigenvalue weighted by Crippen LogP contribution is 2.48. The van der Waals surface area contributed by atoms with Crippen molar-refractivity contribution >= 4 is 15.7 Å². The number of hydrogen-bond donors (Lipinski definition) is 2. The summed E-state index contributed by atoms with van der Waals surface area (Å²) in [4.78, 5) is 14.5. The Kier molecular flexibility index (Phi) is 3.96. The number of β-amino-alcohol motifs (C(OH)–C–C–N with tert-alkyl or cyclic N) is 1. The van der Waals surface area contributed by atoms with Crippen LogP contribution in [0.15, 0.2) is 35.2 Å². The van der Waals surface area contributed by atoms with Gasteiger partial charge in [-0.15, -0.1) is 0 Å². The zero-order valence-corrected chi connectivity index (χ0v) is 13.1. The van der Waals surface area contributed by atoms with Crippen LogP contribution in [0, 0.1) is 0 Å². The monoisotopic (exact) mass is 324 g/mol. The number of nitrogens with zero attached hydrogens (tertiary/aromatic N) is 1. The second-order valence-corrected chi connectivity index (χ2v) is 8.18. The number of amides is 1. The van der Waals surface area contributed by atoms with Gasteiger partial charge in [-0.2, -0.15) is 0 Å². The number of benzene rings is 1. The Morgan fingerprint density at radius 2 is 1.95 bits per heavy atom. The Balaban J connectivity index is 1.88. The quantitative estimate of drug-likeness (QED) is 0.803. The Bertz CT molecular complexity index is 655. The molecule has 1 atom stereocenters. The van der Waals surface area contributed by atoms with Gasteiger partial charge in [0.1, 0.15) is 0 Å². The molecule has 0 spiro atoms. The van der Waals surface area contributed by atoms with Gasteiger partial charge in [-0.3, -0.25) is 4.79 Å². The van der Waals surface area contributed by atoms with E-state index in [4.69, 9.17) is 0 Å². The van der Waals surface area contributed by atoms with Gasteiger partial charge in [0.25, 0.3) is 0 Å². The van der Waals surface area contributed by atoms with Gasteiger partial charge in [0, 0.05) is 26.2 Å². The molecule has 1 saturated heterocycles. The van der Waals surface area contributed by atoms with Gasteiger partial charge in [0.2, 0.25) is 5.91 Å². The molecule has 2 N–H and O–H groups in total. The van der Waals surface area contributed by atoms with E-state index in [1.807, 2.05) is 0 Å². The van der Waals surface area contributed by atoms with E-state index < -0.39 is 20.7 Å². The van der Waals surface area contributed by atoms with E-state index in [0.717, 1.165) is 0 Å². The number of hydrogen-bond acceptors (Lipinski definition) is 5. The number of aliphatic hydroxyl groups excluding tert-OH is 1. The summed E-state index contributed by atoms with van der Waals surface area (Å²) in [5, 5.41) is 12.8. The van der Waals surface area contributed by atoms with Crippen molar-refractivity contribution in [3.8, 4) is 0 Å². The minimum absolute atomic E-state index is 0.178. The number of rotatable bonds is 3. The molecule has 0 unspecified atom stereocenters. The SMILES string of the molecule is O=C(N1CCNC[C@H](O)C1)C1(S(=O)(=O)c2ccccc2)CC1. The van der Waals surface area contributed by atoms with Crippen molar-refractivity contribution in [2.45, 2.75) is 28.6 Å². The number of carbonyl (C=O) groups is 1. The Labute approximate surface area is 130 Å². The summed E-state index contributed by atoms with van der Waals surface area (Å²) in [6, 6.07) is 8.13. The van der Waals surface area contributed by atoms with Crippen LogP contribution in [0.3, 0.4) is 0 Å². The minimum atomic E-state index is -3.70. The summed E-state index contributed by atoms with van der Waals surface area (Å²) in [6.45, 7) is 1.58. The Morgan fingerprint density at radius 1 is 1.27 bits per heavy atom. The fourth-order valence-electron chi connectivity index (χ4n) is 2.90. The number of nitrogens with one attached hydrogen (secondary N) is 1. The molecule has 3 rings (SSSR count). The van der Waals surface area contributed by atoms with Crippen molar-refractivity contribution in [2.24, 2.45) is 0 Å². The maximum absolute atomic E-state index is 12.8. The second-order valence-electron chi connectivity index (χ2n) is 5.92. The second kappa shape index (κ2) is 5.64. The average Bonchev–Trinajstić information content (AvgIpc) is 3.33. The molecule has 1 aromatic carbocycles. The smallest absolute Gasteiger partial charge is 0.244 e. The molecule has 1 aliphatic carbocycles. The van der Waals surface area contributed by atoms with Crippen LogP contribution >= 0.6 is 0 Å². The summed E-state index contributed by atoms with van der Waals surface area (Å²) in [5.74, 6) is -0.376. The predicted molar refractivity (Wildman–Crippen MR) is 81.0 cm³/mol. The molecule has 7 heteroatoms. The molecule has 1 aliphatic heterocycles. The lowest BCUT2D eigenvalue weighted by atomic mass is 10.3. The minimum Gasteiger partial charge on any atom is -0.390 e. The van der Waals surface area contributed by atoms with E-state index in [9.17, 15) is 18.3 Å². The van der Waals surface area contributed by atoms with Crippen molar-refractivity contribution in [3.05, 3.63) is 30.3 Å². The highest BCUT2D eigenvalue weighted by Gasteiger charge is 2.62. The molecule has 1 saturated carbocycles. The van der Waals surface area contributed by atoms with E-state index in [-0.39, 0.29) is 17.3 Å². The third-order valence-electron chi connectivity index (χ3n) is 4.32. The van der Waals surface area contributed by atoms with E-state index in [2.05, 4.69) is 5.32 Å². The summed E-state index contributed by atoms with van der Waals surface area (Å²) < 4.78 is 24.3. The molecule has 1 heterocycles. The normalized spacial score (nSPS) is 24.6. The van der Waals surface area contributed by atoms with E-state index in [0.29, 0.717) is 32.5 Å². The summed E-state index contributed by atoms with van der Waals surface area (Å²) >= 11 is 0. The molecule has 1 aromatic rings. The zero-order valence-electron chi connectivity index (χ0n) is 12.2. The molecular formula is C15H20N2O4S. The highest BCUT2D eigenvalue weighted by atomic mass is 32.2. The summed E-state index contributed by atoms with van der Waals surface area (Å²) in [7, 11) is -3.70. The zero-order chi connectivity index (χ0) is 15.8. The summed E-state index contributed by atoms with van der Waals surface area (Å²) in [5.41, 5.74) is 0.